The Labute approximate surface area is 392 Å². The highest BCUT2D eigenvalue weighted by molar-refractivity contribution is 6.01. The first-order valence-electron chi connectivity index (χ1n) is 21.4. The fraction of sp³-hybridized carbons (Fsp3) is 0.255. The second kappa shape index (κ2) is 24.0. The predicted octanol–water partition coefficient (Wildman–Crippen LogP) is 10.2. The van der Waals surface area contributed by atoms with Gasteiger partial charge in [-0.3, -0.25) is 9.59 Å². The Morgan fingerprint density at radius 3 is 1.39 bits per heavy atom. The lowest BCUT2D eigenvalue weighted by Crippen LogP contribution is -2.44. The predicted molar refractivity (Wildman–Crippen MR) is 244 cm³/mol. The summed E-state index contributed by atoms with van der Waals surface area (Å²) in [4.78, 5) is 52.2. The second-order valence-electron chi connectivity index (χ2n) is 15.7. The van der Waals surface area contributed by atoms with Crippen LogP contribution in [-0.4, -0.2) is 65.1 Å². The van der Waals surface area contributed by atoms with Crippen LogP contribution >= 0.6 is 0 Å². The van der Waals surface area contributed by atoms with Gasteiger partial charge in [0.2, 0.25) is 11.6 Å². The van der Waals surface area contributed by atoms with Gasteiger partial charge in [0.05, 0.1) is 30.3 Å². The van der Waals surface area contributed by atoms with Gasteiger partial charge in [0.1, 0.15) is 23.0 Å². The zero-order valence-corrected chi connectivity index (χ0v) is 36.8. The summed E-state index contributed by atoms with van der Waals surface area (Å²) in [5, 5.41) is 22.7. The van der Waals surface area contributed by atoms with E-state index in [4.69, 9.17) is 30.4 Å². The second-order valence-corrected chi connectivity index (χ2v) is 15.7. The summed E-state index contributed by atoms with van der Waals surface area (Å²) in [6, 6.07) is 27.9. The van der Waals surface area contributed by atoms with Crippen molar-refractivity contribution in [3.63, 3.8) is 0 Å². The third-order valence-electron chi connectivity index (χ3n) is 10.2. The fourth-order valence-electron chi connectivity index (χ4n) is 6.54. The van der Waals surface area contributed by atoms with Crippen molar-refractivity contribution in [2.45, 2.75) is 69.0 Å². The van der Waals surface area contributed by atoms with Gasteiger partial charge in [-0.15, -0.1) is 0 Å². The van der Waals surface area contributed by atoms with Crippen molar-refractivity contribution in [3.05, 3.63) is 155 Å². The van der Waals surface area contributed by atoms with Gasteiger partial charge in [0, 0.05) is 30.6 Å². The Morgan fingerprint density at radius 1 is 0.551 bits per heavy atom. The average Bonchev–Trinajstić information content (AvgIpc) is 3.29. The van der Waals surface area contributed by atoms with E-state index >= 15 is 0 Å². The number of carbonyl (C=O) groups is 4. The van der Waals surface area contributed by atoms with E-state index in [0.29, 0.717) is 22.6 Å². The number of esters is 2. The van der Waals surface area contributed by atoms with Crippen molar-refractivity contribution >= 4 is 47.0 Å². The Bertz CT molecular complexity index is 2580. The Kier molecular flexibility index (Phi) is 18.3. The van der Waals surface area contributed by atoms with E-state index in [0.717, 1.165) is 6.08 Å². The number of allylic oxidation sites excluding steroid dienone is 1. The highest BCUT2D eigenvalue weighted by Gasteiger charge is 2.43. The maximum Gasteiger partial charge on any atom is 0.389 e. The van der Waals surface area contributed by atoms with Crippen LogP contribution in [0.15, 0.2) is 127 Å². The van der Waals surface area contributed by atoms with Crippen molar-refractivity contribution in [1.82, 2.24) is 0 Å². The van der Waals surface area contributed by atoms with Gasteiger partial charge < -0.3 is 40.6 Å². The number of rotatable bonds is 23. The molecule has 0 saturated heterocycles. The van der Waals surface area contributed by atoms with Crippen LogP contribution in [0.4, 0.5) is 37.7 Å². The number of aliphatic hydroxyl groups is 2. The van der Waals surface area contributed by atoms with Crippen LogP contribution in [0.1, 0.15) is 88.3 Å². The lowest BCUT2D eigenvalue weighted by Gasteiger charge is -2.30. The Balaban J connectivity index is 1.15. The van der Waals surface area contributed by atoms with Crippen molar-refractivity contribution in [1.29, 1.82) is 0 Å². The highest BCUT2D eigenvalue weighted by Crippen LogP contribution is 2.36. The standard InChI is InChI=1S/C51H48F6N2O10/c52-49(53,54)27-1-3-29-66-39-21-11-35(12-22-39)47(62)68-41-17-6-33(7-18-41)5-16-38(60)32-44(43-25-15-37(58)31-45(43)59)51(64,65)46(61)26-10-34-8-19-42(20-9-34)69-48(63)36-13-23-40(24-14-36)67-30-4-2-28-50(55,56)57/h5-26,31,44,64-65H,1-4,27-30,32,58-59H2/b16-5+,26-10+. The van der Waals surface area contributed by atoms with Crippen molar-refractivity contribution in [2.75, 3.05) is 24.7 Å². The molecule has 0 spiro atoms. The fourth-order valence-corrected chi connectivity index (χ4v) is 6.54. The molecule has 0 aliphatic rings. The van der Waals surface area contributed by atoms with Crippen molar-refractivity contribution in [2.24, 2.45) is 0 Å². The lowest BCUT2D eigenvalue weighted by atomic mass is 9.82. The smallest absolute Gasteiger partial charge is 0.389 e. The molecular formula is C51H48F6N2O10. The third kappa shape index (κ3) is 17.3. The maximum absolute atomic E-state index is 13.4. The van der Waals surface area contributed by atoms with E-state index in [1.807, 2.05) is 0 Å². The van der Waals surface area contributed by atoms with Crippen LogP contribution in [0.2, 0.25) is 0 Å². The summed E-state index contributed by atoms with van der Waals surface area (Å²) >= 11 is 0. The zero-order valence-electron chi connectivity index (χ0n) is 36.8. The molecule has 0 aliphatic carbocycles. The number of nitrogen functional groups attached to an aromatic ring is 2. The molecule has 1 atom stereocenters. The van der Waals surface area contributed by atoms with E-state index in [-0.39, 0.29) is 78.5 Å². The lowest BCUT2D eigenvalue weighted by molar-refractivity contribution is -0.187. The van der Waals surface area contributed by atoms with Crippen LogP contribution < -0.4 is 30.4 Å². The first kappa shape index (κ1) is 52.5. The molecule has 364 valence electrons. The summed E-state index contributed by atoms with van der Waals surface area (Å²) < 4.78 is 95.6. The number of benzene rings is 5. The van der Waals surface area contributed by atoms with E-state index in [9.17, 15) is 55.7 Å². The quantitative estimate of drug-likeness (QED) is 0.00921. The number of hydrogen-bond acceptors (Lipinski definition) is 12. The Hall–Kier alpha value is -7.44. The normalized spacial score (nSPS) is 12.5. The third-order valence-corrected chi connectivity index (χ3v) is 10.2. The number of ketones is 2. The van der Waals surface area contributed by atoms with E-state index in [2.05, 4.69) is 0 Å². The number of carbonyl (C=O) groups excluding carboxylic acids is 4. The van der Waals surface area contributed by atoms with E-state index in [1.165, 1.54) is 121 Å². The van der Waals surface area contributed by atoms with Gasteiger partial charge in [-0.2, -0.15) is 26.3 Å². The molecule has 5 aromatic rings. The molecule has 5 aromatic carbocycles. The first-order valence-corrected chi connectivity index (χ1v) is 21.4. The Morgan fingerprint density at radius 2 is 0.971 bits per heavy atom. The number of alkyl halides is 6. The molecule has 0 radical (unpaired) electrons. The number of nitrogens with two attached hydrogens (primary N) is 2. The van der Waals surface area contributed by atoms with Crippen molar-refractivity contribution in [3.8, 4) is 23.0 Å². The summed E-state index contributed by atoms with van der Waals surface area (Å²) in [6.07, 6.45) is -5.73. The van der Waals surface area contributed by atoms with Gasteiger partial charge >= 0.3 is 24.3 Å². The van der Waals surface area contributed by atoms with Gasteiger partial charge in [-0.25, -0.2) is 9.59 Å². The minimum atomic E-state index is -4.23. The topological polar surface area (TPSA) is 198 Å². The molecule has 0 aromatic heterocycles. The van der Waals surface area contributed by atoms with E-state index in [1.54, 1.807) is 12.1 Å². The van der Waals surface area contributed by atoms with Crippen LogP contribution in [0.3, 0.4) is 0 Å². The minimum Gasteiger partial charge on any atom is -0.494 e. The monoisotopic (exact) mass is 962 g/mol. The van der Waals surface area contributed by atoms with Gasteiger partial charge in [-0.05, 0) is 139 Å². The number of ether oxygens (including phenoxy) is 4. The molecule has 0 bridgehead atoms. The average molecular weight is 963 g/mol. The number of halogens is 6. The first-order chi connectivity index (χ1) is 32.6. The van der Waals surface area contributed by atoms with Crippen LogP contribution in [-0.2, 0) is 9.59 Å². The van der Waals surface area contributed by atoms with Crippen LogP contribution in [0, 0.1) is 0 Å². The number of unbranched alkanes of at least 4 members (excludes halogenated alkanes) is 2. The molecule has 0 heterocycles. The molecule has 0 amide bonds. The molecular weight excluding hydrogens is 915 g/mol. The highest BCUT2D eigenvalue weighted by atomic mass is 19.4. The molecule has 18 heteroatoms. The molecule has 1 unspecified atom stereocenters. The number of anilines is 2. The summed E-state index contributed by atoms with van der Waals surface area (Å²) in [5.41, 5.74) is 13.6. The van der Waals surface area contributed by atoms with Crippen LogP contribution in [0.25, 0.3) is 12.2 Å². The SMILES string of the molecule is Nc1ccc(C(CC(=O)/C=C/c2ccc(OC(=O)c3ccc(OCCCCC(F)(F)F)cc3)cc2)C(O)(O)C(=O)/C=C/c2ccc(OC(=O)c3ccc(OCCCCC(F)(F)F)cc3)cc2)c(N)c1. The summed E-state index contributed by atoms with van der Waals surface area (Å²) in [7, 11) is 0. The maximum atomic E-state index is 13.4. The largest absolute Gasteiger partial charge is 0.494 e. The van der Waals surface area contributed by atoms with E-state index < -0.39 is 66.8 Å². The van der Waals surface area contributed by atoms with Gasteiger partial charge in [-0.1, -0.05) is 42.5 Å². The summed E-state index contributed by atoms with van der Waals surface area (Å²) in [6.45, 7) is 0.161. The molecule has 0 fully saturated rings. The molecule has 5 rings (SSSR count). The molecule has 69 heavy (non-hydrogen) atoms. The van der Waals surface area contributed by atoms with Crippen LogP contribution in [0.5, 0.6) is 23.0 Å². The van der Waals surface area contributed by atoms with Gasteiger partial charge in [0.15, 0.2) is 5.78 Å². The zero-order chi connectivity index (χ0) is 50.2. The molecule has 0 aliphatic heterocycles. The number of hydrogen-bond donors (Lipinski definition) is 4. The minimum absolute atomic E-state index is 0.00138. The molecule has 0 saturated carbocycles. The van der Waals surface area contributed by atoms with Gasteiger partial charge in [0.25, 0.3) is 0 Å². The molecule has 12 nitrogen and oxygen atoms in total. The molecule has 6 N–H and O–H groups in total. The van der Waals surface area contributed by atoms with Crippen molar-refractivity contribution < 1.29 is 74.7 Å². The summed E-state index contributed by atoms with van der Waals surface area (Å²) in [5.74, 6) is -6.83.